The van der Waals surface area contributed by atoms with E-state index >= 15 is 0 Å². The van der Waals surface area contributed by atoms with Crippen molar-refractivity contribution in [1.29, 1.82) is 15.8 Å². The molecule has 0 bridgehead atoms. The standard InChI is InChI=1S/C39H19N3S2/c40-20-24-7-5-8-25(21-41)38(24)33-18-26(23-15-16-29-27-9-1-3-13-35(27)43-37(29)19-23)17-32(34(33)22-42)31-12-6-11-30-28-10-2-4-14-36(28)44-39(30)31/h1-19H. The molecule has 0 unspecified atom stereocenters. The van der Waals surface area contributed by atoms with Gasteiger partial charge in [0.2, 0.25) is 0 Å². The molecule has 2 aromatic heterocycles. The summed E-state index contributed by atoms with van der Waals surface area (Å²) in [6.07, 6.45) is 0. The molecule has 2 heterocycles. The van der Waals surface area contributed by atoms with Crippen LogP contribution in [0.3, 0.4) is 0 Å². The van der Waals surface area contributed by atoms with E-state index in [4.69, 9.17) is 0 Å². The second kappa shape index (κ2) is 10.2. The second-order valence-corrected chi connectivity index (χ2v) is 12.7. The Bertz CT molecular complexity index is 2570. The van der Waals surface area contributed by atoms with E-state index in [2.05, 4.69) is 91.0 Å². The van der Waals surface area contributed by atoms with Crippen molar-refractivity contribution in [2.24, 2.45) is 0 Å². The van der Waals surface area contributed by atoms with Crippen LogP contribution in [-0.4, -0.2) is 0 Å². The van der Waals surface area contributed by atoms with Crippen molar-refractivity contribution in [1.82, 2.24) is 0 Å². The Kier molecular flexibility index (Phi) is 6.00. The summed E-state index contributed by atoms with van der Waals surface area (Å²) in [7, 11) is 0. The number of benzene rings is 6. The molecule has 0 aliphatic carbocycles. The van der Waals surface area contributed by atoms with E-state index in [1.807, 2.05) is 24.3 Å². The first-order chi connectivity index (χ1) is 21.7. The SMILES string of the molecule is N#Cc1cccc(C#N)c1-c1cc(-c2ccc3c(c2)sc2ccccc23)cc(-c2cccc3c2sc2ccccc23)c1C#N. The first-order valence-corrected chi connectivity index (χ1v) is 15.7. The lowest BCUT2D eigenvalue weighted by molar-refractivity contribution is 1.42. The van der Waals surface area contributed by atoms with Crippen LogP contribution in [0.15, 0.2) is 115 Å². The third-order valence-corrected chi connectivity index (χ3v) is 10.6. The highest BCUT2D eigenvalue weighted by Crippen LogP contribution is 2.45. The van der Waals surface area contributed by atoms with Crippen LogP contribution < -0.4 is 0 Å². The van der Waals surface area contributed by atoms with Crippen LogP contribution in [0, 0.1) is 34.0 Å². The fraction of sp³-hybridized carbons (Fsp3) is 0. The number of thiophene rings is 2. The second-order valence-electron chi connectivity index (χ2n) is 10.6. The molecule has 0 saturated heterocycles. The number of hydrogen-bond acceptors (Lipinski definition) is 5. The zero-order valence-corrected chi connectivity index (χ0v) is 24.8. The third-order valence-electron chi connectivity index (χ3n) is 8.23. The summed E-state index contributed by atoms with van der Waals surface area (Å²) < 4.78 is 4.70. The molecule has 5 heteroatoms. The van der Waals surface area contributed by atoms with Gasteiger partial charge in [0.25, 0.3) is 0 Å². The van der Waals surface area contributed by atoms with Crippen LogP contribution in [0.1, 0.15) is 16.7 Å². The average Bonchev–Trinajstić information content (AvgIpc) is 3.65. The summed E-state index contributed by atoms with van der Waals surface area (Å²) in [4.78, 5) is 0. The summed E-state index contributed by atoms with van der Waals surface area (Å²) in [5.74, 6) is 0. The van der Waals surface area contributed by atoms with E-state index in [1.165, 1.54) is 30.3 Å². The van der Waals surface area contributed by atoms with Crippen molar-refractivity contribution in [3.63, 3.8) is 0 Å². The lowest BCUT2D eigenvalue weighted by Gasteiger charge is -2.16. The fourth-order valence-corrected chi connectivity index (χ4v) is 8.61. The highest BCUT2D eigenvalue weighted by molar-refractivity contribution is 7.26. The number of hydrogen-bond donors (Lipinski definition) is 0. The van der Waals surface area contributed by atoms with Gasteiger partial charge >= 0.3 is 0 Å². The van der Waals surface area contributed by atoms with E-state index in [-0.39, 0.29) is 0 Å². The Morgan fingerprint density at radius 3 is 1.77 bits per heavy atom. The topological polar surface area (TPSA) is 71.4 Å². The lowest BCUT2D eigenvalue weighted by Crippen LogP contribution is -1.97. The van der Waals surface area contributed by atoms with Gasteiger partial charge in [0.05, 0.1) is 28.8 Å². The first-order valence-electron chi connectivity index (χ1n) is 14.0. The van der Waals surface area contributed by atoms with Gasteiger partial charge in [-0.2, -0.15) is 15.8 Å². The monoisotopic (exact) mass is 593 g/mol. The van der Waals surface area contributed by atoms with E-state index in [9.17, 15) is 15.8 Å². The summed E-state index contributed by atoms with van der Waals surface area (Å²) in [5, 5.41) is 35.7. The molecule has 0 spiro atoms. The maximum atomic E-state index is 10.7. The number of fused-ring (bicyclic) bond motifs is 6. The molecular weight excluding hydrogens is 575 g/mol. The van der Waals surface area contributed by atoms with Gasteiger partial charge < -0.3 is 0 Å². The molecule has 8 aromatic rings. The van der Waals surface area contributed by atoms with Crippen LogP contribution in [-0.2, 0) is 0 Å². The molecule has 0 atom stereocenters. The summed E-state index contributed by atoms with van der Waals surface area (Å²) >= 11 is 3.47. The van der Waals surface area contributed by atoms with Gasteiger partial charge in [-0.15, -0.1) is 22.7 Å². The Balaban J connectivity index is 1.48. The summed E-state index contributed by atoms with van der Waals surface area (Å²) in [6, 6.07) is 45.7. The smallest absolute Gasteiger partial charge is 0.100 e. The maximum Gasteiger partial charge on any atom is 0.100 e. The quantitative estimate of drug-likeness (QED) is 0.205. The van der Waals surface area contributed by atoms with E-state index in [1.54, 1.807) is 40.9 Å². The molecule has 0 radical (unpaired) electrons. The predicted molar refractivity (Wildman–Crippen MR) is 183 cm³/mol. The van der Waals surface area contributed by atoms with Crippen LogP contribution in [0.25, 0.3) is 73.7 Å². The fourth-order valence-electron chi connectivity index (χ4n) is 6.23. The lowest BCUT2D eigenvalue weighted by atomic mass is 9.85. The van der Waals surface area contributed by atoms with Crippen LogP contribution in [0.4, 0.5) is 0 Å². The van der Waals surface area contributed by atoms with Gasteiger partial charge in [-0.05, 0) is 53.6 Å². The van der Waals surface area contributed by atoms with Crippen molar-refractivity contribution >= 4 is 63.0 Å². The maximum absolute atomic E-state index is 10.7. The van der Waals surface area contributed by atoms with Crippen molar-refractivity contribution in [2.45, 2.75) is 0 Å². The van der Waals surface area contributed by atoms with Crippen LogP contribution >= 0.6 is 22.7 Å². The van der Waals surface area contributed by atoms with Crippen molar-refractivity contribution < 1.29 is 0 Å². The molecule has 8 rings (SSSR count). The Morgan fingerprint density at radius 1 is 0.432 bits per heavy atom. The molecule has 3 nitrogen and oxygen atoms in total. The van der Waals surface area contributed by atoms with Crippen molar-refractivity contribution in [2.75, 3.05) is 0 Å². The molecule has 0 N–H and O–H groups in total. The summed E-state index contributed by atoms with van der Waals surface area (Å²) in [6.45, 7) is 0. The molecule has 44 heavy (non-hydrogen) atoms. The normalized spacial score (nSPS) is 11.1. The van der Waals surface area contributed by atoms with Gasteiger partial charge in [-0.3, -0.25) is 0 Å². The Morgan fingerprint density at radius 2 is 1.05 bits per heavy atom. The average molecular weight is 594 g/mol. The van der Waals surface area contributed by atoms with Gasteiger partial charge in [-0.1, -0.05) is 72.8 Å². The molecule has 0 aliphatic rings. The van der Waals surface area contributed by atoms with Crippen molar-refractivity contribution in [3.8, 4) is 51.6 Å². The molecular formula is C39H19N3S2. The highest BCUT2D eigenvalue weighted by atomic mass is 32.1. The van der Waals surface area contributed by atoms with E-state index in [0.717, 1.165) is 32.3 Å². The van der Waals surface area contributed by atoms with Crippen LogP contribution in [0.2, 0.25) is 0 Å². The van der Waals surface area contributed by atoms with Gasteiger partial charge in [0.1, 0.15) is 6.07 Å². The highest BCUT2D eigenvalue weighted by Gasteiger charge is 2.22. The molecule has 6 aromatic carbocycles. The first kappa shape index (κ1) is 25.9. The third kappa shape index (κ3) is 3.91. The van der Waals surface area contributed by atoms with Gasteiger partial charge in [-0.25, -0.2) is 0 Å². The van der Waals surface area contributed by atoms with E-state index < -0.39 is 0 Å². The van der Waals surface area contributed by atoms with Gasteiger partial charge in [0, 0.05) is 62.6 Å². The molecule has 202 valence electrons. The molecule has 0 amide bonds. The summed E-state index contributed by atoms with van der Waals surface area (Å²) in [5.41, 5.74) is 5.92. The number of rotatable bonds is 3. The Labute approximate surface area is 261 Å². The molecule has 0 fully saturated rings. The number of nitrogens with zero attached hydrogens (tertiary/aromatic N) is 3. The minimum atomic E-state index is 0.365. The minimum absolute atomic E-state index is 0.365. The molecule has 0 aliphatic heterocycles. The Hall–Kier alpha value is -5.77. The zero-order valence-electron chi connectivity index (χ0n) is 23.1. The van der Waals surface area contributed by atoms with Crippen molar-refractivity contribution in [3.05, 3.63) is 132 Å². The largest absolute Gasteiger partial charge is 0.192 e. The van der Waals surface area contributed by atoms with Crippen LogP contribution in [0.5, 0.6) is 0 Å². The molecule has 0 saturated carbocycles. The number of nitriles is 3. The minimum Gasteiger partial charge on any atom is -0.192 e. The predicted octanol–water partition coefficient (Wildman–Crippen LogP) is 11.0. The zero-order chi connectivity index (χ0) is 29.8. The van der Waals surface area contributed by atoms with Gasteiger partial charge in [0.15, 0.2) is 0 Å². The van der Waals surface area contributed by atoms with E-state index in [0.29, 0.717) is 27.8 Å².